The zero-order valence-electron chi connectivity index (χ0n) is 18.9. The third-order valence-corrected chi connectivity index (χ3v) is 7.07. The van der Waals surface area contributed by atoms with Crippen LogP contribution in [0.4, 0.5) is 10.6 Å². The maximum atomic E-state index is 13.0. The highest BCUT2D eigenvalue weighted by Crippen LogP contribution is 2.42. The van der Waals surface area contributed by atoms with Crippen LogP contribution in [0.1, 0.15) is 41.0 Å². The Labute approximate surface area is 200 Å². The quantitative estimate of drug-likeness (QED) is 0.546. The van der Waals surface area contributed by atoms with E-state index in [1.54, 1.807) is 9.47 Å². The van der Waals surface area contributed by atoms with Crippen molar-refractivity contribution in [3.05, 3.63) is 26.0 Å². The molecule has 2 unspecified atom stereocenters. The van der Waals surface area contributed by atoms with E-state index in [4.69, 9.17) is 21.1 Å². The Bertz CT molecular complexity index is 1130. The number of anilines is 1. The molecule has 1 saturated heterocycles. The summed E-state index contributed by atoms with van der Waals surface area (Å²) in [4.78, 5) is 34.0. The van der Waals surface area contributed by atoms with Crippen molar-refractivity contribution in [3.8, 4) is 5.75 Å². The van der Waals surface area contributed by atoms with Crippen molar-refractivity contribution in [2.24, 2.45) is 0 Å². The van der Waals surface area contributed by atoms with Gasteiger partial charge in [0, 0.05) is 37.1 Å². The van der Waals surface area contributed by atoms with E-state index in [9.17, 15) is 9.59 Å². The van der Waals surface area contributed by atoms with Gasteiger partial charge in [0.25, 0.3) is 0 Å². The average Bonchev–Trinajstić information content (AvgIpc) is 2.92. The molecule has 32 heavy (non-hydrogen) atoms. The summed E-state index contributed by atoms with van der Waals surface area (Å²) in [5, 5.41) is 1.26. The molecule has 2 atom stereocenters. The normalized spacial score (nSPS) is 21.3. The van der Waals surface area contributed by atoms with Gasteiger partial charge in [-0.05, 0) is 63.0 Å². The summed E-state index contributed by atoms with van der Waals surface area (Å²) in [6.45, 7) is 11.5. The lowest BCUT2D eigenvalue weighted by Gasteiger charge is -2.45. The van der Waals surface area contributed by atoms with Crippen molar-refractivity contribution >= 4 is 50.3 Å². The van der Waals surface area contributed by atoms with E-state index >= 15 is 0 Å². The van der Waals surface area contributed by atoms with Crippen LogP contribution in [0.2, 0.25) is 5.02 Å². The van der Waals surface area contributed by atoms with E-state index in [2.05, 4.69) is 25.8 Å². The van der Waals surface area contributed by atoms with Gasteiger partial charge < -0.3 is 19.3 Å². The third-order valence-electron chi connectivity index (χ3n) is 5.75. The molecule has 4 rings (SSSR count). The van der Waals surface area contributed by atoms with Crippen LogP contribution in [0.15, 0.2) is 15.3 Å². The number of amides is 1. The highest BCUT2D eigenvalue weighted by Gasteiger charge is 2.36. The Hall–Kier alpha value is -2.00. The Morgan fingerprint density at radius 1 is 1.28 bits per heavy atom. The van der Waals surface area contributed by atoms with Gasteiger partial charge in [-0.1, -0.05) is 11.6 Å². The number of carbonyl (C=O) groups is 1. The van der Waals surface area contributed by atoms with Gasteiger partial charge >= 0.3 is 11.8 Å². The molecule has 0 N–H and O–H groups in total. The molecule has 2 aliphatic rings. The predicted octanol–water partition coefficient (Wildman–Crippen LogP) is 4.43. The minimum atomic E-state index is -0.563. The number of carbonyl (C=O) groups excluding carboxylic acids is 1. The Morgan fingerprint density at radius 2 is 2.00 bits per heavy atom. The molecule has 10 heteroatoms. The van der Waals surface area contributed by atoms with Crippen LogP contribution in [0.25, 0.3) is 10.9 Å². The molecule has 1 aromatic heterocycles. The van der Waals surface area contributed by atoms with Gasteiger partial charge in [-0.2, -0.15) is 4.98 Å². The number of hydrogen-bond donors (Lipinski definition) is 0. The number of hydrogen-bond acceptors (Lipinski definition) is 6. The summed E-state index contributed by atoms with van der Waals surface area (Å²) in [7, 11) is 0. The second-order valence-corrected chi connectivity index (χ2v) is 10.7. The average molecular weight is 528 g/mol. The maximum absolute atomic E-state index is 13.0. The molecule has 1 amide bonds. The van der Waals surface area contributed by atoms with Crippen molar-refractivity contribution in [1.29, 1.82) is 0 Å². The summed E-state index contributed by atoms with van der Waals surface area (Å²) in [5.41, 5.74) is -0.183. The van der Waals surface area contributed by atoms with Gasteiger partial charge in [-0.15, -0.1) is 0 Å². The molecular formula is C22H28BrClN4O4. The molecular weight excluding hydrogens is 500 g/mol. The second-order valence-electron chi connectivity index (χ2n) is 9.45. The molecule has 0 aliphatic carbocycles. The molecule has 8 nitrogen and oxygen atoms in total. The highest BCUT2D eigenvalue weighted by molar-refractivity contribution is 9.10. The molecule has 3 heterocycles. The van der Waals surface area contributed by atoms with E-state index in [-0.39, 0.29) is 23.9 Å². The molecule has 2 aliphatic heterocycles. The number of nitrogens with zero attached hydrogens (tertiary/aromatic N) is 4. The molecule has 0 saturated carbocycles. The van der Waals surface area contributed by atoms with Crippen LogP contribution in [0.3, 0.4) is 0 Å². The first-order valence-corrected chi connectivity index (χ1v) is 12.0. The predicted molar refractivity (Wildman–Crippen MR) is 128 cm³/mol. The molecule has 2 aromatic rings. The van der Waals surface area contributed by atoms with E-state index in [1.165, 1.54) is 0 Å². The van der Waals surface area contributed by atoms with Crippen LogP contribution in [-0.2, 0) is 11.3 Å². The molecule has 1 fully saturated rings. The topological polar surface area (TPSA) is 76.9 Å². The number of aromatic nitrogens is 2. The number of benzene rings is 1. The number of rotatable bonds is 1. The Kier molecular flexibility index (Phi) is 6.09. The first kappa shape index (κ1) is 23.2. The third kappa shape index (κ3) is 4.17. The van der Waals surface area contributed by atoms with Gasteiger partial charge in [0.05, 0.1) is 21.6 Å². The van der Waals surface area contributed by atoms with Crippen LogP contribution < -0.4 is 15.3 Å². The van der Waals surface area contributed by atoms with Crippen LogP contribution in [0, 0.1) is 0 Å². The fraction of sp³-hybridized carbons (Fsp3) is 0.591. The fourth-order valence-corrected chi connectivity index (χ4v) is 4.90. The first-order chi connectivity index (χ1) is 15.0. The van der Waals surface area contributed by atoms with Crippen molar-refractivity contribution < 1.29 is 14.3 Å². The number of piperazine rings is 1. The molecule has 1 aromatic carbocycles. The first-order valence-electron chi connectivity index (χ1n) is 10.8. The number of aryl methyl sites for hydroxylation is 1. The van der Waals surface area contributed by atoms with E-state index in [1.807, 2.05) is 40.7 Å². The minimum absolute atomic E-state index is 0.0819. The lowest BCUT2D eigenvalue weighted by Crippen LogP contribution is -2.59. The van der Waals surface area contributed by atoms with Crippen molar-refractivity contribution in [1.82, 2.24) is 14.5 Å². The SMILES string of the molecule is CC1CN(c2nc(=O)n3c4c(c(Br)c(Cl)cc24)OCCC3)C(C)CN1C(=O)OC(C)(C)C. The Balaban J connectivity index is 1.77. The number of ether oxygens (including phenoxy) is 2. The van der Waals surface area contributed by atoms with Gasteiger partial charge in [-0.25, -0.2) is 9.59 Å². The molecule has 0 bridgehead atoms. The summed E-state index contributed by atoms with van der Waals surface area (Å²) in [6, 6.07) is 1.62. The maximum Gasteiger partial charge on any atom is 0.410 e. The number of halogens is 2. The summed E-state index contributed by atoms with van der Waals surface area (Å²) < 4.78 is 13.8. The fourth-order valence-electron chi connectivity index (χ4n) is 4.29. The second kappa shape index (κ2) is 8.41. The van der Waals surface area contributed by atoms with Crippen molar-refractivity contribution in [3.63, 3.8) is 0 Å². The minimum Gasteiger partial charge on any atom is -0.490 e. The summed E-state index contributed by atoms with van der Waals surface area (Å²) in [5.74, 6) is 1.13. The van der Waals surface area contributed by atoms with E-state index in [0.717, 1.165) is 5.39 Å². The van der Waals surface area contributed by atoms with Gasteiger partial charge in [0.1, 0.15) is 11.4 Å². The Morgan fingerprint density at radius 3 is 2.69 bits per heavy atom. The summed E-state index contributed by atoms with van der Waals surface area (Å²) in [6.07, 6.45) is 0.370. The smallest absolute Gasteiger partial charge is 0.410 e. The largest absolute Gasteiger partial charge is 0.490 e. The highest BCUT2D eigenvalue weighted by atomic mass is 79.9. The van der Waals surface area contributed by atoms with Gasteiger partial charge in [0.15, 0.2) is 5.75 Å². The van der Waals surface area contributed by atoms with Crippen LogP contribution >= 0.6 is 27.5 Å². The lowest BCUT2D eigenvalue weighted by molar-refractivity contribution is 0.0130. The molecule has 0 spiro atoms. The zero-order chi connectivity index (χ0) is 23.4. The van der Waals surface area contributed by atoms with Gasteiger partial charge in [-0.3, -0.25) is 4.57 Å². The van der Waals surface area contributed by atoms with Crippen molar-refractivity contribution in [2.75, 3.05) is 24.6 Å². The molecule has 174 valence electrons. The monoisotopic (exact) mass is 526 g/mol. The lowest BCUT2D eigenvalue weighted by atomic mass is 10.1. The standard InChI is InChI=1S/C22H28BrClN4O4/c1-12-11-28(21(30)32-22(3,4)5)13(2)10-27(12)19-14-9-15(24)16(23)18-17(14)26(20(29)25-19)7-6-8-31-18/h9,12-13H,6-8,10-11H2,1-5H3. The zero-order valence-corrected chi connectivity index (χ0v) is 21.3. The van der Waals surface area contributed by atoms with Crippen molar-refractivity contribution in [2.45, 2.75) is 65.3 Å². The van der Waals surface area contributed by atoms with E-state index < -0.39 is 5.60 Å². The van der Waals surface area contributed by atoms with Gasteiger partial charge in [0.2, 0.25) is 0 Å². The van der Waals surface area contributed by atoms with E-state index in [0.29, 0.717) is 59.2 Å². The van der Waals surface area contributed by atoms with Crippen LogP contribution in [-0.4, -0.2) is 57.9 Å². The molecule has 0 radical (unpaired) electrons. The summed E-state index contributed by atoms with van der Waals surface area (Å²) >= 11 is 10.0. The van der Waals surface area contributed by atoms with Crippen LogP contribution in [0.5, 0.6) is 5.75 Å².